The van der Waals surface area contributed by atoms with Gasteiger partial charge in [-0.3, -0.25) is 9.69 Å². The highest BCUT2D eigenvalue weighted by Gasteiger charge is 2.40. The average Bonchev–Trinajstić information content (AvgIpc) is 2.70. The van der Waals surface area contributed by atoms with Gasteiger partial charge in [-0.25, -0.2) is 8.78 Å². The number of hydrogen-bond acceptors (Lipinski definition) is 2. The first-order valence-electron chi connectivity index (χ1n) is 6.36. The van der Waals surface area contributed by atoms with Crippen molar-refractivity contribution < 1.29 is 18.7 Å². The molecule has 1 heterocycles. The van der Waals surface area contributed by atoms with Gasteiger partial charge in [0.05, 0.1) is 0 Å². The Morgan fingerprint density at radius 1 is 1.42 bits per heavy atom. The number of carboxylic acids is 1. The molecule has 3 unspecified atom stereocenters. The zero-order valence-corrected chi connectivity index (χ0v) is 10.9. The van der Waals surface area contributed by atoms with Crippen molar-refractivity contribution in [2.24, 2.45) is 5.92 Å². The van der Waals surface area contributed by atoms with E-state index in [1.165, 1.54) is 18.2 Å². The molecule has 0 amide bonds. The van der Waals surface area contributed by atoms with Crippen molar-refractivity contribution in [2.45, 2.75) is 32.4 Å². The van der Waals surface area contributed by atoms with Crippen LogP contribution < -0.4 is 0 Å². The highest BCUT2D eigenvalue weighted by molar-refractivity contribution is 5.74. The molecule has 0 spiro atoms. The van der Waals surface area contributed by atoms with E-state index in [0.29, 0.717) is 6.54 Å². The van der Waals surface area contributed by atoms with Gasteiger partial charge in [0.25, 0.3) is 0 Å². The molecule has 1 fully saturated rings. The fourth-order valence-electron chi connectivity index (χ4n) is 2.87. The van der Waals surface area contributed by atoms with Gasteiger partial charge in [0.2, 0.25) is 0 Å². The van der Waals surface area contributed by atoms with E-state index in [1.54, 1.807) is 11.8 Å². The smallest absolute Gasteiger partial charge is 0.321 e. The molecule has 1 aromatic carbocycles. The quantitative estimate of drug-likeness (QED) is 0.917. The fourth-order valence-corrected chi connectivity index (χ4v) is 2.87. The molecule has 5 heteroatoms. The molecule has 0 saturated carbocycles. The molecular formula is C14H17F2NO2. The van der Waals surface area contributed by atoms with Gasteiger partial charge in [0, 0.05) is 11.6 Å². The number of likely N-dealkylation sites (tertiary alicyclic amines) is 1. The van der Waals surface area contributed by atoms with E-state index in [2.05, 4.69) is 0 Å². The molecule has 104 valence electrons. The largest absolute Gasteiger partial charge is 0.480 e. The van der Waals surface area contributed by atoms with Crippen LogP contribution in [-0.2, 0) is 4.79 Å². The molecule has 0 aliphatic carbocycles. The van der Waals surface area contributed by atoms with Crippen LogP contribution in [0.3, 0.4) is 0 Å². The average molecular weight is 269 g/mol. The van der Waals surface area contributed by atoms with Crippen molar-refractivity contribution >= 4 is 5.97 Å². The summed E-state index contributed by atoms with van der Waals surface area (Å²) in [5.41, 5.74) is -0.0529. The monoisotopic (exact) mass is 269 g/mol. The minimum atomic E-state index is -0.936. The molecule has 1 aliphatic rings. The number of rotatable bonds is 3. The third-order valence-electron chi connectivity index (χ3n) is 3.91. The summed E-state index contributed by atoms with van der Waals surface area (Å²) in [4.78, 5) is 13.0. The topological polar surface area (TPSA) is 40.5 Å². The molecule has 1 saturated heterocycles. The number of carbonyl (C=O) groups is 1. The van der Waals surface area contributed by atoms with Gasteiger partial charge in [0.1, 0.15) is 17.7 Å². The van der Waals surface area contributed by atoms with E-state index >= 15 is 0 Å². The second kappa shape index (κ2) is 5.25. The number of hydrogen-bond donors (Lipinski definition) is 1. The van der Waals surface area contributed by atoms with Gasteiger partial charge < -0.3 is 5.11 Å². The second-order valence-electron chi connectivity index (χ2n) is 5.10. The normalized spacial score (nSPS) is 25.5. The minimum absolute atomic E-state index is 0.0187. The molecule has 3 nitrogen and oxygen atoms in total. The Morgan fingerprint density at radius 2 is 2.00 bits per heavy atom. The molecule has 0 bridgehead atoms. The molecule has 19 heavy (non-hydrogen) atoms. The van der Waals surface area contributed by atoms with Gasteiger partial charge in [-0.2, -0.15) is 0 Å². The van der Waals surface area contributed by atoms with Crippen LogP contribution in [0.5, 0.6) is 0 Å². The Hall–Kier alpha value is -1.49. The van der Waals surface area contributed by atoms with Crippen LogP contribution >= 0.6 is 0 Å². The Labute approximate surface area is 110 Å². The number of carboxylic acid groups (broad SMARTS) is 1. The van der Waals surface area contributed by atoms with Crippen LogP contribution in [0.4, 0.5) is 8.78 Å². The molecule has 0 radical (unpaired) electrons. The summed E-state index contributed by atoms with van der Waals surface area (Å²) >= 11 is 0. The third-order valence-corrected chi connectivity index (χ3v) is 3.91. The predicted molar refractivity (Wildman–Crippen MR) is 66.7 cm³/mol. The summed E-state index contributed by atoms with van der Waals surface area (Å²) < 4.78 is 27.5. The zero-order chi connectivity index (χ0) is 14.2. The molecule has 1 N–H and O–H groups in total. The van der Waals surface area contributed by atoms with E-state index < -0.39 is 29.7 Å². The van der Waals surface area contributed by atoms with Gasteiger partial charge in [-0.15, -0.1) is 0 Å². The van der Waals surface area contributed by atoms with Crippen molar-refractivity contribution in [3.63, 3.8) is 0 Å². The molecule has 1 aromatic rings. The lowest BCUT2D eigenvalue weighted by Gasteiger charge is -2.30. The number of halogens is 2. The number of benzene rings is 1. The Bertz CT molecular complexity index is 472. The van der Waals surface area contributed by atoms with Crippen molar-refractivity contribution in [1.82, 2.24) is 4.90 Å². The maximum Gasteiger partial charge on any atom is 0.321 e. The van der Waals surface area contributed by atoms with E-state index in [0.717, 1.165) is 6.42 Å². The van der Waals surface area contributed by atoms with Crippen molar-refractivity contribution in [2.75, 3.05) is 6.54 Å². The van der Waals surface area contributed by atoms with Gasteiger partial charge in [-0.1, -0.05) is 13.0 Å². The van der Waals surface area contributed by atoms with E-state index in [9.17, 15) is 18.7 Å². The molecule has 1 aliphatic heterocycles. The lowest BCUT2D eigenvalue weighted by atomic mass is 10.0. The maximum atomic E-state index is 13.8. The van der Waals surface area contributed by atoms with Crippen LogP contribution in [0, 0.1) is 17.6 Å². The second-order valence-corrected chi connectivity index (χ2v) is 5.10. The summed E-state index contributed by atoms with van der Waals surface area (Å²) in [6, 6.07) is 2.43. The van der Waals surface area contributed by atoms with E-state index in [-0.39, 0.29) is 11.5 Å². The SMILES string of the molecule is CC1CCN(C(C)c2c(F)cccc2F)C1C(=O)O. The molecule has 0 aromatic heterocycles. The van der Waals surface area contributed by atoms with Crippen LogP contribution in [0.25, 0.3) is 0 Å². The van der Waals surface area contributed by atoms with Crippen LogP contribution in [0.15, 0.2) is 18.2 Å². The summed E-state index contributed by atoms with van der Waals surface area (Å²) in [5, 5.41) is 9.26. The lowest BCUT2D eigenvalue weighted by Crippen LogP contribution is -2.40. The molecule has 3 atom stereocenters. The predicted octanol–water partition coefficient (Wildman–Crippen LogP) is 2.82. The van der Waals surface area contributed by atoms with Gasteiger partial charge in [-0.05, 0) is 37.9 Å². The zero-order valence-electron chi connectivity index (χ0n) is 10.9. The lowest BCUT2D eigenvalue weighted by molar-refractivity contribution is -0.144. The van der Waals surface area contributed by atoms with Gasteiger partial charge in [0.15, 0.2) is 0 Å². The first-order chi connectivity index (χ1) is 8.93. The van der Waals surface area contributed by atoms with Crippen molar-refractivity contribution in [3.05, 3.63) is 35.4 Å². The number of nitrogens with zero attached hydrogens (tertiary/aromatic N) is 1. The van der Waals surface area contributed by atoms with Crippen LogP contribution in [0.1, 0.15) is 31.9 Å². The standard InChI is InChI=1S/C14H17F2NO2/c1-8-6-7-17(13(8)14(18)19)9(2)12-10(15)4-3-5-11(12)16/h3-5,8-9,13H,6-7H2,1-2H3,(H,18,19). The van der Waals surface area contributed by atoms with Crippen molar-refractivity contribution in [3.8, 4) is 0 Å². The molecular weight excluding hydrogens is 252 g/mol. The van der Waals surface area contributed by atoms with E-state index in [1.807, 2.05) is 6.92 Å². The third kappa shape index (κ3) is 2.47. The highest BCUT2D eigenvalue weighted by atomic mass is 19.1. The maximum absolute atomic E-state index is 13.8. The van der Waals surface area contributed by atoms with Gasteiger partial charge >= 0.3 is 5.97 Å². The summed E-state index contributed by atoms with van der Waals surface area (Å²) in [7, 11) is 0. The number of aliphatic carboxylic acids is 1. The summed E-state index contributed by atoms with van der Waals surface area (Å²) in [6.45, 7) is 4.03. The Morgan fingerprint density at radius 3 is 2.53 bits per heavy atom. The summed E-state index contributed by atoms with van der Waals surface area (Å²) in [5.74, 6) is -2.21. The highest BCUT2D eigenvalue weighted by Crippen LogP contribution is 2.34. The van der Waals surface area contributed by atoms with Crippen molar-refractivity contribution in [1.29, 1.82) is 0 Å². The van der Waals surface area contributed by atoms with Crippen LogP contribution in [0.2, 0.25) is 0 Å². The molecule has 2 rings (SSSR count). The summed E-state index contributed by atoms with van der Waals surface area (Å²) in [6.07, 6.45) is 0.720. The Kier molecular flexibility index (Phi) is 3.85. The minimum Gasteiger partial charge on any atom is -0.480 e. The fraction of sp³-hybridized carbons (Fsp3) is 0.500. The van der Waals surface area contributed by atoms with Crippen LogP contribution in [-0.4, -0.2) is 28.6 Å². The first-order valence-corrected chi connectivity index (χ1v) is 6.36. The first kappa shape index (κ1) is 13.9. The van der Waals surface area contributed by atoms with E-state index in [4.69, 9.17) is 0 Å². The Balaban J connectivity index is 2.34.